The lowest BCUT2D eigenvalue weighted by Gasteiger charge is -1.90. The van der Waals surface area contributed by atoms with E-state index in [0.717, 1.165) is 11.3 Å². The quantitative estimate of drug-likeness (QED) is 0.186. The van der Waals surface area contributed by atoms with Crippen LogP contribution in [0, 0.1) is 11.8 Å². The number of aliphatic imine (C=N–C) groups is 1. The monoisotopic (exact) mass is 214 g/mol. The molecule has 0 aromatic heterocycles. The summed E-state index contributed by atoms with van der Waals surface area (Å²) in [6, 6.07) is 7.21. The minimum Gasteiger partial charge on any atom is -0.195 e. The van der Waals surface area contributed by atoms with Crippen molar-refractivity contribution in [2.75, 3.05) is 6.54 Å². The zero-order valence-corrected chi connectivity index (χ0v) is 8.53. The van der Waals surface area contributed by atoms with E-state index < -0.39 is 0 Å². The maximum absolute atomic E-state index is 8.02. The summed E-state index contributed by atoms with van der Waals surface area (Å²) < 4.78 is 0. The molecule has 0 fully saturated rings. The van der Waals surface area contributed by atoms with Gasteiger partial charge in [0.05, 0.1) is 17.4 Å². The highest BCUT2D eigenvalue weighted by Gasteiger charge is 1.87. The third-order valence-electron chi connectivity index (χ3n) is 1.49. The molecule has 0 aliphatic rings. The summed E-state index contributed by atoms with van der Waals surface area (Å²) in [6.45, 7) is 0.177. The molecule has 0 heterocycles. The van der Waals surface area contributed by atoms with E-state index >= 15 is 0 Å². The standard InChI is InChI=1S/C10H6N4S/c11-14-13-7-1-2-9-3-5-10(6-4-9)12-8-15/h3-6H,7H2. The van der Waals surface area contributed by atoms with Crippen LogP contribution in [0.4, 0.5) is 5.69 Å². The van der Waals surface area contributed by atoms with Gasteiger partial charge in [-0.05, 0) is 42.0 Å². The molecular weight excluding hydrogens is 208 g/mol. The second-order valence-corrected chi connectivity index (χ2v) is 2.62. The Kier molecular flexibility index (Phi) is 4.65. The maximum Gasteiger partial charge on any atom is 0.0880 e. The molecule has 0 unspecified atom stereocenters. The van der Waals surface area contributed by atoms with Crippen LogP contribution in [0.2, 0.25) is 0 Å². The number of thiocarbonyl (C=S) groups is 1. The predicted octanol–water partition coefficient (Wildman–Crippen LogP) is 3.08. The third kappa shape index (κ3) is 4.08. The van der Waals surface area contributed by atoms with Crippen molar-refractivity contribution < 1.29 is 0 Å². The average Bonchev–Trinajstić information content (AvgIpc) is 2.27. The normalized spacial score (nSPS) is 7.73. The number of hydrogen-bond donors (Lipinski definition) is 0. The minimum atomic E-state index is 0.177. The van der Waals surface area contributed by atoms with E-state index in [1.165, 1.54) is 0 Å². The van der Waals surface area contributed by atoms with Crippen LogP contribution >= 0.6 is 12.2 Å². The molecule has 1 rings (SSSR count). The van der Waals surface area contributed by atoms with Gasteiger partial charge >= 0.3 is 0 Å². The summed E-state index contributed by atoms with van der Waals surface area (Å²) in [7, 11) is 0. The average molecular weight is 214 g/mol. The van der Waals surface area contributed by atoms with E-state index in [0.29, 0.717) is 0 Å². The Bertz CT molecular complexity index is 482. The number of benzene rings is 1. The number of hydrogen-bond acceptors (Lipinski definition) is 3. The number of azide groups is 1. The third-order valence-corrected chi connectivity index (χ3v) is 1.58. The SMILES string of the molecule is [N-]=[N+]=NCC#Cc1ccc(N=C=S)cc1. The van der Waals surface area contributed by atoms with Gasteiger partial charge in [-0.3, -0.25) is 0 Å². The molecule has 0 aliphatic heterocycles. The molecule has 0 aliphatic carbocycles. The zero-order chi connectivity index (χ0) is 10.9. The van der Waals surface area contributed by atoms with Gasteiger partial charge < -0.3 is 0 Å². The van der Waals surface area contributed by atoms with Crippen LogP contribution in [0.3, 0.4) is 0 Å². The Morgan fingerprint density at radius 1 is 1.33 bits per heavy atom. The Morgan fingerprint density at radius 2 is 2.07 bits per heavy atom. The molecule has 4 nitrogen and oxygen atoms in total. The van der Waals surface area contributed by atoms with Crippen molar-refractivity contribution in [1.29, 1.82) is 0 Å². The summed E-state index contributed by atoms with van der Waals surface area (Å²) in [5.74, 6) is 5.56. The molecule has 0 N–H and O–H groups in total. The number of rotatable bonds is 2. The highest BCUT2D eigenvalue weighted by Crippen LogP contribution is 2.11. The summed E-state index contributed by atoms with van der Waals surface area (Å²) in [5.41, 5.74) is 9.60. The molecule has 0 bridgehead atoms. The first-order valence-electron chi connectivity index (χ1n) is 4.04. The Balaban J connectivity index is 2.74. The zero-order valence-electron chi connectivity index (χ0n) is 7.71. The molecule has 5 heteroatoms. The van der Waals surface area contributed by atoms with Crippen LogP contribution in [0.15, 0.2) is 34.4 Å². The molecular formula is C10H6N4S. The van der Waals surface area contributed by atoms with Crippen LogP contribution in [0.5, 0.6) is 0 Å². The molecule has 15 heavy (non-hydrogen) atoms. The second-order valence-electron chi connectivity index (χ2n) is 2.44. The van der Waals surface area contributed by atoms with Crippen molar-refractivity contribution >= 4 is 23.1 Å². The van der Waals surface area contributed by atoms with Gasteiger partial charge in [0, 0.05) is 10.5 Å². The lowest BCUT2D eigenvalue weighted by molar-refractivity contribution is 1.25. The summed E-state index contributed by atoms with van der Waals surface area (Å²) >= 11 is 4.47. The molecule has 1 aromatic carbocycles. The molecule has 0 radical (unpaired) electrons. The van der Waals surface area contributed by atoms with Crippen LogP contribution in [0.25, 0.3) is 10.4 Å². The van der Waals surface area contributed by atoms with Gasteiger partial charge in [0.15, 0.2) is 0 Å². The van der Waals surface area contributed by atoms with Gasteiger partial charge in [-0.25, -0.2) is 0 Å². The lowest BCUT2D eigenvalue weighted by atomic mass is 10.2. The van der Waals surface area contributed by atoms with E-state index in [-0.39, 0.29) is 6.54 Å². The Labute approximate surface area is 92.3 Å². The highest BCUT2D eigenvalue weighted by atomic mass is 32.1. The fourth-order valence-corrected chi connectivity index (χ4v) is 0.986. The van der Waals surface area contributed by atoms with Crippen molar-refractivity contribution in [2.45, 2.75) is 0 Å². The molecule has 72 valence electrons. The maximum atomic E-state index is 8.02. The van der Waals surface area contributed by atoms with Crippen LogP contribution in [0.1, 0.15) is 5.56 Å². The largest absolute Gasteiger partial charge is 0.195 e. The fraction of sp³-hybridized carbons (Fsp3) is 0.100. The highest BCUT2D eigenvalue weighted by molar-refractivity contribution is 7.78. The second kappa shape index (κ2) is 6.36. The van der Waals surface area contributed by atoms with Crippen LogP contribution in [-0.2, 0) is 0 Å². The Morgan fingerprint density at radius 3 is 2.67 bits per heavy atom. The summed E-state index contributed by atoms with van der Waals surface area (Å²) in [6.07, 6.45) is 0. The van der Waals surface area contributed by atoms with E-state index in [1.54, 1.807) is 12.1 Å². The molecule has 1 aromatic rings. The smallest absolute Gasteiger partial charge is 0.0880 e. The molecule has 0 saturated heterocycles. The first-order chi connectivity index (χ1) is 7.36. The lowest BCUT2D eigenvalue weighted by Crippen LogP contribution is -1.74. The molecule has 0 saturated carbocycles. The Hall–Kier alpha value is -2.11. The van der Waals surface area contributed by atoms with Crippen molar-refractivity contribution in [3.63, 3.8) is 0 Å². The van der Waals surface area contributed by atoms with Gasteiger partial charge in [-0.2, -0.15) is 4.99 Å². The number of isothiocyanates is 1. The minimum absolute atomic E-state index is 0.177. The van der Waals surface area contributed by atoms with E-state index in [9.17, 15) is 0 Å². The summed E-state index contributed by atoms with van der Waals surface area (Å²) in [5, 5.41) is 5.58. The van der Waals surface area contributed by atoms with Crippen molar-refractivity contribution in [1.82, 2.24) is 0 Å². The van der Waals surface area contributed by atoms with Gasteiger partial charge in [0.2, 0.25) is 0 Å². The van der Waals surface area contributed by atoms with Gasteiger partial charge in [0.25, 0.3) is 0 Å². The van der Waals surface area contributed by atoms with E-state index in [2.05, 4.69) is 44.2 Å². The van der Waals surface area contributed by atoms with Gasteiger partial charge in [0.1, 0.15) is 0 Å². The summed E-state index contributed by atoms with van der Waals surface area (Å²) in [4.78, 5) is 6.40. The van der Waals surface area contributed by atoms with Gasteiger partial charge in [-0.15, -0.1) is 0 Å². The first-order valence-corrected chi connectivity index (χ1v) is 4.45. The first kappa shape index (κ1) is 11.0. The van der Waals surface area contributed by atoms with Crippen molar-refractivity contribution in [3.05, 3.63) is 40.3 Å². The fourth-order valence-electron chi connectivity index (χ4n) is 0.881. The van der Waals surface area contributed by atoms with Crippen molar-refractivity contribution in [3.8, 4) is 11.8 Å². The van der Waals surface area contributed by atoms with Crippen LogP contribution in [-0.4, -0.2) is 11.7 Å². The van der Waals surface area contributed by atoms with Gasteiger partial charge in [-0.1, -0.05) is 17.0 Å². The van der Waals surface area contributed by atoms with E-state index in [4.69, 9.17) is 5.53 Å². The molecule has 0 amide bonds. The van der Waals surface area contributed by atoms with E-state index in [1.807, 2.05) is 12.1 Å². The van der Waals surface area contributed by atoms with Crippen LogP contribution < -0.4 is 0 Å². The molecule has 0 atom stereocenters. The topological polar surface area (TPSA) is 61.1 Å². The van der Waals surface area contributed by atoms with Crippen molar-refractivity contribution in [2.24, 2.45) is 10.1 Å². The number of nitrogens with zero attached hydrogens (tertiary/aromatic N) is 4. The molecule has 0 spiro atoms. The predicted molar refractivity (Wildman–Crippen MR) is 62.0 cm³/mol.